The minimum atomic E-state index is -0.185. The van der Waals surface area contributed by atoms with E-state index in [1.807, 2.05) is 47.2 Å². The molecule has 3 aromatic heterocycles. The number of aromatic amines is 1. The second-order valence-corrected chi connectivity index (χ2v) is 5.15. The SMILES string of the molecule is Nc1cc(-c2cn(-c3ccccc3)c3nc[nH]c(=O)c23)ccn1. The highest BCUT2D eigenvalue weighted by Gasteiger charge is 2.15. The van der Waals surface area contributed by atoms with Crippen LogP contribution in [0.25, 0.3) is 27.8 Å². The van der Waals surface area contributed by atoms with E-state index in [2.05, 4.69) is 15.0 Å². The molecule has 0 saturated carbocycles. The number of hydrogen-bond donors (Lipinski definition) is 2. The molecule has 3 heterocycles. The first-order chi connectivity index (χ1) is 11.2. The molecule has 1 aromatic carbocycles. The number of anilines is 1. The lowest BCUT2D eigenvalue weighted by Gasteiger charge is -2.03. The molecule has 0 amide bonds. The third-order valence-electron chi connectivity index (χ3n) is 3.72. The molecule has 0 saturated heterocycles. The van der Waals surface area contributed by atoms with E-state index in [1.54, 1.807) is 12.3 Å². The van der Waals surface area contributed by atoms with Gasteiger partial charge in [0.05, 0.1) is 11.7 Å². The van der Waals surface area contributed by atoms with Crippen LogP contribution in [-0.2, 0) is 0 Å². The van der Waals surface area contributed by atoms with Crippen molar-refractivity contribution in [3.8, 4) is 16.8 Å². The van der Waals surface area contributed by atoms with Crippen LogP contribution in [0.15, 0.2) is 66.0 Å². The number of nitrogens with two attached hydrogens (primary N) is 1. The molecule has 23 heavy (non-hydrogen) atoms. The number of fused-ring (bicyclic) bond motifs is 1. The minimum Gasteiger partial charge on any atom is -0.384 e. The van der Waals surface area contributed by atoms with Crippen molar-refractivity contribution in [3.05, 3.63) is 71.5 Å². The molecule has 0 fully saturated rings. The number of nitrogen functional groups attached to an aromatic ring is 1. The third-order valence-corrected chi connectivity index (χ3v) is 3.72. The Labute approximate surface area is 131 Å². The topological polar surface area (TPSA) is 89.6 Å². The summed E-state index contributed by atoms with van der Waals surface area (Å²) in [5.74, 6) is 0.406. The molecule has 0 spiro atoms. The van der Waals surface area contributed by atoms with Crippen molar-refractivity contribution in [1.82, 2.24) is 19.5 Å². The zero-order chi connectivity index (χ0) is 15.8. The van der Waals surface area contributed by atoms with Crippen LogP contribution in [0.5, 0.6) is 0 Å². The van der Waals surface area contributed by atoms with Crippen molar-refractivity contribution in [1.29, 1.82) is 0 Å². The van der Waals surface area contributed by atoms with E-state index in [0.717, 1.165) is 16.8 Å². The number of benzene rings is 1. The van der Waals surface area contributed by atoms with Crippen LogP contribution in [0.1, 0.15) is 0 Å². The summed E-state index contributed by atoms with van der Waals surface area (Å²) in [4.78, 5) is 23.3. The van der Waals surface area contributed by atoms with Crippen LogP contribution in [0.2, 0.25) is 0 Å². The van der Waals surface area contributed by atoms with Gasteiger partial charge in [0.1, 0.15) is 5.82 Å². The minimum absolute atomic E-state index is 0.185. The summed E-state index contributed by atoms with van der Waals surface area (Å²) >= 11 is 0. The average Bonchev–Trinajstić information content (AvgIpc) is 2.97. The summed E-state index contributed by atoms with van der Waals surface area (Å²) < 4.78 is 1.90. The molecule has 0 atom stereocenters. The van der Waals surface area contributed by atoms with Crippen molar-refractivity contribution < 1.29 is 0 Å². The van der Waals surface area contributed by atoms with Gasteiger partial charge in [-0.3, -0.25) is 4.79 Å². The van der Waals surface area contributed by atoms with Gasteiger partial charge < -0.3 is 15.3 Å². The van der Waals surface area contributed by atoms with Gasteiger partial charge in [0.25, 0.3) is 5.56 Å². The summed E-state index contributed by atoms with van der Waals surface area (Å²) in [6, 6.07) is 13.3. The van der Waals surface area contributed by atoms with E-state index in [-0.39, 0.29) is 5.56 Å². The van der Waals surface area contributed by atoms with Gasteiger partial charge in [0.15, 0.2) is 5.65 Å². The van der Waals surface area contributed by atoms with Crippen LogP contribution < -0.4 is 11.3 Å². The first-order valence-corrected chi connectivity index (χ1v) is 7.10. The molecular weight excluding hydrogens is 290 g/mol. The fourth-order valence-electron chi connectivity index (χ4n) is 2.69. The molecular formula is C17H13N5O. The van der Waals surface area contributed by atoms with Crippen LogP contribution in [0.4, 0.5) is 5.82 Å². The average molecular weight is 303 g/mol. The number of rotatable bonds is 2. The van der Waals surface area contributed by atoms with Crippen molar-refractivity contribution >= 4 is 16.9 Å². The van der Waals surface area contributed by atoms with Gasteiger partial charge in [-0.15, -0.1) is 0 Å². The van der Waals surface area contributed by atoms with Crippen LogP contribution in [-0.4, -0.2) is 19.5 Å². The monoisotopic (exact) mass is 303 g/mol. The predicted octanol–water partition coefficient (Wildman–Crippen LogP) is 2.36. The molecule has 4 rings (SSSR count). The molecule has 0 aliphatic rings. The first-order valence-electron chi connectivity index (χ1n) is 7.10. The van der Waals surface area contributed by atoms with Crippen molar-refractivity contribution in [2.45, 2.75) is 0 Å². The fourth-order valence-corrected chi connectivity index (χ4v) is 2.69. The van der Waals surface area contributed by atoms with Crippen molar-refractivity contribution in [2.75, 3.05) is 5.73 Å². The summed E-state index contributed by atoms with van der Waals surface area (Å²) in [6.45, 7) is 0. The number of aromatic nitrogens is 4. The van der Waals surface area contributed by atoms with Gasteiger partial charge in [-0.2, -0.15) is 0 Å². The Balaban J connectivity index is 2.08. The standard InChI is InChI=1S/C17H13N5O/c18-14-8-11(6-7-19-14)13-9-22(12-4-2-1-3-5-12)16-15(13)17(23)21-10-20-16/h1-10H,(H2,18,19)(H,20,21,23). The molecule has 0 unspecified atom stereocenters. The molecule has 3 N–H and O–H groups in total. The summed E-state index contributed by atoms with van der Waals surface area (Å²) in [5, 5.41) is 0.530. The largest absolute Gasteiger partial charge is 0.384 e. The van der Waals surface area contributed by atoms with Gasteiger partial charge in [0.2, 0.25) is 0 Å². The Morgan fingerprint density at radius 3 is 2.70 bits per heavy atom. The molecule has 112 valence electrons. The summed E-state index contributed by atoms with van der Waals surface area (Å²) in [7, 11) is 0. The van der Waals surface area contributed by atoms with Gasteiger partial charge in [-0.1, -0.05) is 18.2 Å². The zero-order valence-electron chi connectivity index (χ0n) is 12.1. The van der Waals surface area contributed by atoms with E-state index in [0.29, 0.717) is 16.9 Å². The van der Waals surface area contributed by atoms with Crippen LogP contribution in [0.3, 0.4) is 0 Å². The highest BCUT2D eigenvalue weighted by molar-refractivity contribution is 5.94. The normalized spacial score (nSPS) is 11.0. The summed E-state index contributed by atoms with van der Waals surface area (Å²) in [6.07, 6.45) is 4.94. The Morgan fingerprint density at radius 1 is 1.09 bits per heavy atom. The smallest absolute Gasteiger partial charge is 0.260 e. The lowest BCUT2D eigenvalue weighted by atomic mass is 10.1. The summed E-state index contributed by atoms with van der Waals surface area (Å²) in [5.41, 5.74) is 8.73. The Bertz CT molecular complexity index is 1050. The first kappa shape index (κ1) is 13.3. The molecule has 6 heteroatoms. The highest BCUT2D eigenvalue weighted by Crippen LogP contribution is 2.29. The van der Waals surface area contributed by atoms with Gasteiger partial charge in [-0.25, -0.2) is 9.97 Å². The molecule has 0 aliphatic carbocycles. The molecule has 0 aliphatic heterocycles. The predicted molar refractivity (Wildman–Crippen MR) is 89.3 cm³/mol. The fraction of sp³-hybridized carbons (Fsp3) is 0. The number of para-hydroxylation sites is 1. The second kappa shape index (κ2) is 5.10. The molecule has 4 aromatic rings. The van der Waals surface area contributed by atoms with Crippen LogP contribution in [0, 0.1) is 0 Å². The number of nitrogens with zero attached hydrogens (tertiary/aromatic N) is 3. The molecule has 0 bridgehead atoms. The van der Waals surface area contributed by atoms with Gasteiger partial charge in [0, 0.05) is 23.6 Å². The Morgan fingerprint density at radius 2 is 1.91 bits per heavy atom. The highest BCUT2D eigenvalue weighted by atomic mass is 16.1. The number of hydrogen-bond acceptors (Lipinski definition) is 4. The van der Waals surface area contributed by atoms with Gasteiger partial charge in [-0.05, 0) is 29.8 Å². The quantitative estimate of drug-likeness (QED) is 0.595. The zero-order valence-corrected chi connectivity index (χ0v) is 12.1. The maximum Gasteiger partial charge on any atom is 0.260 e. The number of pyridine rings is 1. The van der Waals surface area contributed by atoms with E-state index in [9.17, 15) is 4.79 Å². The maximum atomic E-state index is 12.3. The maximum absolute atomic E-state index is 12.3. The number of H-pyrrole nitrogens is 1. The second-order valence-electron chi connectivity index (χ2n) is 5.15. The van der Waals surface area contributed by atoms with Crippen molar-refractivity contribution in [2.24, 2.45) is 0 Å². The van der Waals surface area contributed by atoms with E-state index in [4.69, 9.17) is 5.73 Å². The molecule has 0 radical (unpaired) electrons. The number of nitrogens with one attached hydrogen (secondary N) is 1. The van der Waals surface area contributed by atoms with Crippen molar-refractivity contribution in [3.63, 3.8) is 0 Å². The lowest BCUT2D eigenvalue weighted by Crippen LogP contribution is -2.07. The molecule has 6 nitrogen and oxygen atoms in total. The van der Waals surface area contributed by atoms with E-state index >= 15 is 0 Å². The lowest BCUT2D eigenvalue weighted by molar-refractivity contribution is 1.07. The van der Waals surface area contributed by atoms with Crippen LogP contribution >= 0.6 is 0 Å². The Hall–Kier alpha value is -3.41. The van der Waals surface area contributed by atoms with Gasteiger partial charge >= 0.3 is 0 Å². The van der Waals surface area contributed by atoms with E-state index < -0.39 is 0 Å². The van der Waals surface area contributed by atoms with E-state index in [1.165, 1.54) is 6.33 Å². The third kappa shape index (κ3) is 2.17. The Kier molecular flexibility index (Phi) is 2.94.